The molecule has 0 spiro atoms. The Hall–Kier alpha value is -1.91. The van der Waals surface area contributed by atoms with E-state index in [0.29, 0.717) is 18.5 Å². The molecule has 0 aliphatic carbocycles. The average Bonchev–Trinajstić information content (AvgIpc) is 2.87. The largest absolute Gasteiger partial charge is 0.467 e. The third-order valence-corrected chi connectivity index (χ3v) is 2.90. The molecular weight excluding hydrogens is 220 g/mol. The molecule has 0 saturated carbocycles. The van der Waals surface area contributed by atoms with Gasteiger partial charge in [-0.15, -0.1) is 0 Å². The number of carbonyl (C=O) groups excluding carboxylic acids is 2. The fraction of sp³-hybridized carbons (Fsp3) is 0.417. The molecule has 1 aromatic heterocycles. The van der Waals surface area contributed by atoms with Crippen LogP contribution in [0.4, 0.5) is 0 Å². The van der Waals surface area contributed by atoms with E-state index in [1.54, 1.807) is 23.2 Å². The maximum absolute atomic E-state index is 12.2. The van der Waals surface area contributed by atoms with Gasteiger partial charge in [0.15, 0.2) is 0 Å². The van der Waals surface area contributed by atoms with E-state index < -0.39 is 6.04 Å². The number of carbonyl (C=O) groups is 2. The number of rotatable bonds is 2. The Morgan fingerprint density at radius 1 is 1.53 bits per heavy atom. The molecule has 1 aromatic rings. The minimum absolute atomic E-state index is 0.161. The Morgan fingerprint density at radius 2 is 2.35 bits per heavy atom. The molecule has 5 nitrogen and oxygen atoms in total. The van der Waals surface area contributed by atoms with Gasteiger partial charge in [0.2, 0.25) is 0 Å². The molecule has 1 fully saturated rings. The number of aromatic nitrogens is 1. The van der Waals surface area contributed by atoms with Gasteiger partial charge in [-0.3, -0.25) is 9.78 Å². The Bertz CT molecular complexity index is 419. The van der Waals surface area contributed by atoms with Crippen molar-refractivity contribution in [2.45, 2.75) is 18.9 Å². The van der Waals surface area contributed by atoms with E-state index in [4.69, 9.17) is 4.74 Å². The van der Waals surface area contributed by atoms with Crippen LogP contribution in [-0.2, 0) is 9.53 Å². The Labute approximate surface area is 99.4 Å². The maximum Gasteiger partial charge on any atom is 0.328 e. The molecule has 1 amide bonds. The van der Waals surface area contributed by atoms with Gasteiger partial charge in [-0.05, 0) is 25.0 Å². The second-order valence-electron chi connectivity index (χ2n) is 3.92. The quantitative estimate of drug-likeness (QED) is 0.712. The summed E-state index contributed by atoms with van der Waals surface area (Å²) in [6.45, 7) is 0.591. The van der Waals surface area contributed by atoms with Crippen molar-refractivity contribution >= 4 is 11.9 Å². The lowest BCUT2D eigenvalue weighted by Gasteiger charge is -2.22. The molecule has 0 aromatic carbocycles. The number of amides is 1. The molecule has 1 atom stereocenters. The molecule has 1 aliphatic rings. The third kappa shape index (κ3) is 2.27. The van der Waals surface area contributed by atoms with Crippen LogP contribution in [0.15, 0.2) is 24.5 Å². The molecule has 1 aliphatic heterocycles. The predicted molar refractivity (Wildman–Crippen MR) is 60.3 cm³/mol. The van der Waals surface area contributed by atoms with Gasteiger partial charge in [-0.2, -0.15) is 0 Å². The van der Waals surface area contributed by atoms with Crippen LogP contribution in [0.5, 0.6) is 0 Å². The molecule has 0 unspecified atom stereocenters. The summed E-state index contributed by atoms with van der Waals surface area (Å²) in [6, 6.07) is 2.95. The zero-order chi connectivity index (χ0) is 12.3. The summed E-state index contributed by atoms with van der Waals surface area (Å²) >= 11 is 0. The van der Waals surface area contributed by atoms with Crippen LogP contribution < -0.4 is 0 Å². The number of likely N-dealkylation sites (tertiary alicyclic amines) is 1. The molecule has 2 heterocycles. The highest BCUT2D eigenvalue weighted by Crippen LogP contribution is 2.20. The molecule has 1 saturated heterocycles. The predicted octanol–water partition coefficient (Wildman–Crippen LogP) is 0.859. The van der Waals surface area contributed by atoms with Crippen LogP contribution in [0, 0.1) is 0 Å². The summed E-state index contributed by atoms with van der Waals surface area (Å²) in [7, 11) is 1.34. The average molecular weight is 234 g/mol. The summed E-state index contributed by atoms with van der Waals surface area (Å²) < 4.78 is 4.70. The second-order valence-corrected chi connectivity index (χ2v) is 3.92. The van der Waals surface area contributed by atoms with Crippen LogP contribution in [-0.4, -0.2) is 41.5 Å². The summed E-state index contributed by atoms with van der Waals surface area (Å²) in [5.74, 6) is -0.509. The van der Waals surface area contributed by atoms with Gasteiger partial charge >= 0.3 is 5.97 Å². The number of ether oxygens (including phenoxy) is 1. The van der Waals surface area contributed by atoms with E-state index in [1.807, 2.05) is 0 Å². The lowest BCUT2D eigenvalue weighted by atomic mass is 10.2. The normalized spacial score (nSPS) is 19.1. The number of nitrogens with zero attached hydrogens (tertiary/aromatic N) is 2. The molecule has 90 valence electrons. The molecule has 0 N–H and O–H groups in total. The van der Waals surface area contributed by atoms with Crippen molar-refractivity contribution in [1.82, 2.24) is 9.88 Å². The fourth-order valence-electron chi connectivity index (χ4n) is 2.05. The van der Waals surface area contributed by atoms with Gasteiger partial charge in [0, 0.05) is 18.9 Å². The molecule has 5 heteroatoms. The van der Waals surface area contributed by atoms with Crippen LogP contribution in [0.2, 0.25) is 0 Å². The number of pyridine rings is 1. The summed E-state index contributed by atoms with van der Waals surface area (Å²) in [5.41, 5.74) is 0.503. The highest BCUT2D eigenvalue weighted by atomic mass is 16.5. The molecule has 17 heavy (non-hydrogen) atoms. The number of hydrogen-bond donors (Lipinski definition) is 0. The first-order chi connectivity index (χ1) is 8.24. The Balaban J connectivity index is 2.17. The highest BCUT2D eigenvalue weighted by molar-refractivity contribution is 5.96. The first-order valence-corrected chi connectivity index (χ1v) is 5.53. The van der Waals surface area contributed by atoms with Gasteiger partial charge < -0.3 is 9.64 Å². The minimum atomic E-state index is -0.451. The zero-order valence-electron chi connectivity index (χ0n) is 9.63. The Morgan fingerprint density at radius 3 is 3.00 bits per heavy atom. The Kier molecular flexibility index (Phi) is 3.37. The summed E-state index contributed by atoms with van der Waals surface area (Å²) in [6.07, 6.45) is 4.61. The lowest BCUT2D eigenvalue weighted by molar-refractivity contribution is -0.145. The second kappa shape index (κ2) is 4.95. The van der Waals surface area contributed by atoms with E-state index in [9.17, 15) is 9.59 Å². The van der Waals surface area contributed by atoms with E-state index in [-0.39, 0.29) is 11.9 Å². The smallest absolute Gasteiger partial charge is 0.328 e. The van der Waals surface area contributed by atoms with Crippen LogP contribution in [0.25, 0.3) is 0 Å². The standard InChI is InChI=1S/C12H14N2O3/c1-17-12(16)10-5-3-7-14(10)11(15)9-4-2-6-13-8-9/h2,4,6,8,10H,3,5,7H2,1H3/t10-/m0/s1. The lowest BCUT2D eigenvalue weighted by Crippen LogP contribution is -2.41. The molecule has 2 rings (SSSR count). The molecular formula is C12H14N2O3. The first-order valence-electron chi connectivity index (χ1n) is 5.53. The van der Waals surface area contributed by atoms with Gasteiger partial charge in [0.05, 0.1) is 12.7 Å². The SMILES string of the molecule is COC(=O)[C@@H]1CCCN1C(=O)c1cccnc1. The van der Waals surface area contributed by atoms with Crippen molar-refractivity contribution in [2.75, 3.05) is 13.7 Å². The molecule has 0 bridgehead atoms. The number of methoxy groups -OCH3 is 1. The van der Waals surface area contributed by atoms with E-state index >= 15 is 0 Å². The van der Waals surface area contributed by atoms with Crippen LogP contribution in [0.3, 0.4) is 0 Å². The van der Waals surface area contributed by atoms with Gasteiger partial charge in [0.25, 0.3) is 5.91 Å². The van der Waals surface area contributed by atoms with E-state index in [1.165, 1.54) is 13.3 Å². The van der Waals surface area contributed by atoms with Gasteiger partial charge in [-0.1, -0.05) is 0 Å². The van der Waals surface area contributed by atoms with Crippen LogP contribution in [0.1, 0.15) is 23.2 Å². The number of esters is 1. The minimum Gasteiger partial charge on any atom is -0.467 e. The van der Waals surface area contributed by atoms with Crippen molar-refractivity contribution in [3.8, 4) is 0 Å². The fourth-order valence-corrected chi connectivity index (χ4v) is 2.05. The zero-order valence-corrected chi connectivity index (χ0v) is 9.63. The van der Waals surface area contributed by atoms with Gasteiger partial charge in [-0.25, -0.2) is 4.79 Å². The highest BCUT2D eigenvalue weighted by Gasteiger charge is 2.35. The van der Waals surface area contributed by atoms with Crippen molar-refractivity contribution in [3.05, 3.63) is 30.1 Å². The van der Waals surface area contributed by atoms with E-state index in [2.05, 4.69) is 4.98 Å². The monoisotopic (exact) mass is 234 g/mol. The summed E-state index contributed by atoms with van der Waals surface area (Å²) in [5, 5.41) is 0. The molecule has 0 radical (unpaired) electrons. The van der Waals surface area contributed by atoms with Gasteiger partial charge in [0.1, 0.15) is 6.04 Å². The van der Waals surface area contributed by atoms with Crippen molar-refractivity contribution in [2.24, 2.45) is 0 Å². The van der Waals surface area contributed by atoms with Crippen molar-refractivity contribution in [1.29, 1.82) is 0 Å². The third-order valence-electron chi connectivity index (χ3n) is 2.90. The van der Waals surface area contributed by atoms with E-state index in [0.717, 1.165) is 6.42 Å². The van der Waals surface area contributed by atoms with Crippen molar-refractivity contribution < 1.29 is 14.3 Å². The topological polar surface area (TPSA) is 59.5 Å². The first kappa shape index (κ1) is 11.6. The van der Waals surface area contributed by atoms with Crippen LogP contribution >= 0.6 is 0 Å². The number of hydrogen-bond acceptors (Lipinski definition) is 4. The summed E-state index contributed by atoms with van der Waals surface area (Å²) in [4.78, 5) is 29.1. The maximum atomic E-state index is 12.2. The van der Waals surface area contributed by atoms with Crippen molar-refractivity contribution in [3.63, 3.8) is 0 Å².